The van der Waals surface area contributed by atoms with Gasteiger partial charge in [0.25, 0.3) is 0 Å². The van der Waals surface area contributed by atoms with Crippen molar-refractivity contribution in [2.75, 3.05) is 42.5 Å². The maximum Gasteiger partial charge on any atom is 0.228 e. The maximum atomic E-state index is 12.9. The van der Waals surface area contributed by atoms with Gasteiger partial charge >= 0.3 is 0 Å². The number of anilines is 2. The Balaban J connectivity index is 1.42. The van der Waals surface area contributed by atoms with Crippen LogP contribution >= 0.6 is 11.3 Å². The second-order valence-electron chi connectivity index (χ2n) is 8.34. The van der Waals surface area contributed by atoms with Crippen LogP contribution in [-0.2, 0) is 24.2 Å². The molecule has 0 radical (unpaired) electrons. The minimum absolute atomic E-state index is 0.213. The van der Waals surface area contributed by atoms with Crippen LogP contribution < -0.4 is 9.80 Å². The lowest BCUT2D eigenvalue weighted by atomic mass is 10.0. The SMILES string of the molecule is O=C(Cc1cccs1)N1CCc2nc(N3CCCCC3)nc(N3CCCC3)c2C1. The van der Waals surface area contributed by atoms with Crippen LogP contribution in [0.1, 0.15) is 48.2 Å². The van der Waals surface area contributed by atoms with Gasteiger partial charge in [0.2, 0.25) is 11.9 Å². The Bertz CT molecular complexity index is 856. The zero-order valence-corrected chi connectivity index (χ0v) is 17.8. The number of amides is 1. The standard InChI is InChI=1S/C22H29N5OS/c28-20(15-17-7-6-14-29-17)27-13-8-19-18(16-27)21(25-9-4-5-10-25)24-22(23-19)26-11-2-1-3-12-26/h6-7,14H,1-5,8-13,15-16H2. The van der Waals surface area contributed by atoms with Crippen molar-refractivity contribution in [3.8, 4) is 0 Å². The molecule has 3 aliphatic heterocycles. The van der Waals surface area contributed by atoms with Crippen LogP contribution in [-0.4, -0.2) is 53.5 Å². The second kappa shape index (κ2) is 8.30. The van der Waals surface area contributed by atoms with Crippen molar-refractivity contribution in [2.45, 2.75) is 51.5 Å². The zero-order chi connectivity index (χ0) is 19.6. The third-order valence-corrected chi connectivity index (χ3v) is 7.21. The lowest BCUT2D eigenvalue weighted by molar-refractivity contribution is -0.131. The summed E-state index contributed by atoms with van der Waals surface area (Å²) in [5.74, 6) is 2.20. The molecule has 2 saturated heterocycles. The van der Waals surface area contributed by atoms with E-state index in [0.717, 1.165) is 61.5 Å². The van der Waals surface area contributed by atoms with E-state index in [-0.39, 0.29) is 5.91 Å². The fourth-order valence-corrected chi connectivity index (χ4v) is 5.39. The molecule has 29 heavy (non-hydrogen) atoms. The molecule has 5 rings (SSSR count). The van der Waals surface area contributed by atoms with Gasteiger partial charge < -0.3 is 14.7 Å². The van der Waals surface area contributed by atoms with E-state index in [4.69, 9.17) is 9.97 Å². The van der Waals surface area contributed by atoms with Gasteiger partial charge in [0.05, 0.1) is 18.7 Å². The molecule has 2 aromatic rings. The Morgan fingerprint density at radius 3 is 2.48 bits per heavy atom. The number of rotatable bonds is 4. The van der Waals surface area contributed by atoms with Crippen molar-refractivity contribution in [1.29, 1.82) is 0 Å². The highest BCUT2D eigenvalue weighted by Gasteiger charge is 2.29. The Morgan fingerprint density at radius 2 is 1.72 bits per heavy atom. The molecule has 0 bridgehead atoms. The zero-order valence-electron chi connectivity index (χ0n) is 17.0. The molecule has 7 heteroatoms. The number of carbonyl (C=O) groups is 1. The van der Waals surface area contributed by atoms with Crippen molar-refractivity contribution in [2.24, 2.45) is 0 Å². The normalized spacial score (nSPS) is 19.5. The van der Waals surface area contributed by atoms with Crippen molar-refractivity contribution in [1.82, 2.24) is 14.9 Å². The van der Waals surface area contributed by atoms with Crippen molar-refractivity contribution < 1.29 is 4.79 Å². The van der Waals surface area contributed by atoms with Gasteiger partial charge in [0.1, 0.15) is 5.82 Å². The quantitative estimate of drug-likeness (QED) is 0.773. The van der Waals surface area contributed by atoms with Gasteiger partial charge in [-0.1, -0.05) is 6.07 Å². The van der Waals surface area contributed by atoms with E-state index in [1.54, 1.807) is 11.3 Å². The molecule has 0 unspecified atom stereocenters. The predicted octanol–water partition coefficient (Wildman–Crippen LogP) is 3.26. The summed E-state index contributed by atoms with van der Waals surface area (Å²) < 4.78 is 0. The number of hydrogen-bond donors (Lipinski definition) is 0. The number of hydrogen-bond acceptors (Lipinski definition) is 6. The lowest BCUT2D eigenvalue weighted by Gasteiger charge is -2.34. The van der Waals surface area contributed by atoms with Crippen LogP contribution in [0.4, 0.5) is 11.8 Å². The van der Waals surface area contributed by atoms with Gasteiger partial charge in [-0.3, -0.25) is 4.79 Å². The molecule has 0 saturated carbocycles. The smallest absolute Gasteiger partial charge is 0.228 e. The number of aromatic nitrogens is 2. The molecule has 0 N–H and O–H groups in total. The topological polar surface area (TPSA) is 52.6 Å². The van der Waals surface area contributed by atoms with E-state index in [1.807, 2.05) is 22.4 Å². The van der Waals surface area contributed by atoms with E-state index in [2.05, 4.69) is 9.80 Å². The number of thiophene rings is 1. The molecule has 3 aliphatic rings. The third kappa shape index (κ3) is 3.97. The molecule has 0 aromatic carbocycles. The molecular weight excluding hydrogens is 382 g/mol. The molecule has 0 atom stereocenters. The van der Waals surface area contributed by atoms with Gasteiger partial charge in [-0.15, -0.1) is 11.3 Å². The van der Waals surface area contributed by atoms with Crippen molar-refractivity contribution >= 4 is 29.0 Å². The van der Waals surface area contributed by atoms with Gasteiger partial charge in [0.15, 0.2) is 0 Å². The van der Waals surface area contributed by atoms with Gasteiger partial charge in [-0.25, -0.2) is 4.98 Å². The first-order valence-corrected chi connectivity index (χ1v) is 11.9. The summed E-state index contributed by atoms with van der Waals surface area (Å²) in [5.41, 5.74) is 2.33. The third-order valence-electron chi connectivity index (χ3n) is 6.33. The summed E-state index contributed by atoms with van der Waals surface area (Å²) >= 11 is 1.66. The number of carbonyl (C=O) groups excluding carboxylic acids is 1. The van der Waals surface area contributed by atoms with E-state index in [9.17, 15) is 4.79 Å². The first-order valence-electron chi connectivity index (χ1n) is 11.0. The summed E-state index contributed by atoms with van der Waals surface area (Å²) in [6.07, 6.45) is 7.53. The monoisotopic (exact) mass is 411 g/mol. The minimum atomic E-state index is 0.213. The van der Waals surface area contributed by atoms with E-state index < -0.39 is 0 Å². The minimum Gasteiger partial charge on any atom is -0.356 e. The first kappa shape index (κ1) is 18.9. The van der Waals surface area contributed by atoms with Gasteiger partial charge in [-0.2, -0.15) is 4.98 Å². The highest BCUT2D eigenvalue weighted by atomic mass is 32.1. The maximum absolute atomic E-state index is 12.9. The van der Waals surface area contributed by atoms with E-state index in [0.29, 0.717) is 13.0 Å². The molecule has 6 nitrogen and oxygen atoms in total. The van der Waals surface area contributed by atoms with Crippen LogP contribution in [0.5, 0.6) is 0 Å². The van der Waals surface area contributed by atoms with Crippen LogP contribution in [0.2, 0.25) is 0 Å². The largest absolute Gasteiger partial charge is 0.356 e. The van der Waals surface area contributed by atoms with Crippen LogP contribution in [0.15, 0.2) is 17.5 Å². The van der Waals surface area contributed by atoms with Crippen LogP contribution in [0.3, 0.4) is 0 Å². The van der Waals surface area contributed by atoms with Crippen LogP contribution in [0, 0.1) is 0 Å². The number of nitrogens with zero attached hydrogens (tertiary/aromatic N) is 5. The molecule has 1 amide bonds. The molecule has 5 heterocycles. The molecule has 2 aromatic heterocycles. The van der Waals surface area contributed by atoms with E-state index in [1.165, 1.54) is 37.7 Å². The predicted molar refractivity (Wildman–Crippen MR) is 117 cm³/mol. The second-order valence-corrected chi connectivity index (χ2v) is 9.37. The lowest BCUT2D eigenvalue weighted by Crippen LogP contribution is -2.39. The Hall–Kier alpha value is -2.15. The molecule has 0 aliphatic carbocycles. The summed E-state index contributed by atoms with van der Waals surface area (Å²) in [6, 6.07) is 4.06. The molecular formula is C22H29N5OS. The first-order chi connectivity index (χ1) is 14.3. The Labute approximate surface area is 176 Å². The molecule has 2 fully saturated rings. The molecule has 154 valence electrons. The summed E-state index contributed by atoms with van der Waals surface area (Å²) in [5, 5.41) is 2.04. The van der Waals surface area contributed by atoms with Crippen LogP contribution in [0.25, 0.3) is 0 Å². The highest BCUT2D eigenvalue weighted by Crippen LogP contribution is 2.32. The Morgan fingerprint density at radius 1 is 0.966 bits per heavy atom. The van der Waals surface area contributed by atoms with Gasteiger partial charge in [-0.05, 0) is 43.6 Å². The summed E-state index contributed by atoms with van der Waals surface area (Å²) in [7, 11) is 0. The fraction of sp³-hybridized carbons (Fsp3) is 0.591. The van der Waals surface area contributed by atoms with Gasteiger partial charge in [0, 0.05) is 49.6 Å². The van der Waals surface area contributed by atoms with Crippen molar-refractivity contribution in [3.63, 3.8) is 0 Å². The Kier molecular flexibility index (Phi) is 5.40. The molecule has 0 spiro atoms. The summed E-state index contributed by atoms with van der Waals surface area (Å²) in [6.45, 7) is 5.64. The number of fused-ring (bicyclic) bond motifs is 1. The average molecular weight is 412 g/mol. The highest BCUT2D eigenvalue weighted by molar-refractivity contribution is 7.10. The number of piperidine rings is 1. The fourth-order valence-electron chi connectivity index (χ4n) is 4.70. The van der Waals surface area contributed by atoms with E-state index >= 15 is 0 Å². The average Bonchev–Trinajstić information content (AvgIpc) is 3.47. The van der Waals surface area contributed by atoms with Crippen molar-refractivity contribution in [3.05, 3.63) is 33.6 Å². The summed E-state index contributed by atoms with van der Waals surface area (Å²) in [4.78, 5) is 30.9.